The molecule has 0 spiro atoms. The average Bonchev–Trinajstić information content (AvgIpc) is 1.95. The molecule has 1 rings (SSSR count). The van der Waals surface area contributed by atoms with Gasteiger partial charge in [-0.15, -0.1) is 0 Å². The highest BCUT2D eigenvalue weighted by Gasteiger charge is 2.15. The Morgan fingerprint density at radius 1 is 1.40 bits per heavy atom. The second-order valence-electron chi connectivity index (χ2n) is 2.46. The smallest absolute Gasteiger partial charge is 0.177 e. The van der Waals surface area contributed by atoms with E-state index < -0.39 is 0 Å². The van der Waals surface area contributed by atoms with Gasteiger partial charge in [-0.1, -0.05) is 22.9 Å². The molecule has 58 valence electrons. The minimum absolute atomic E-state index is 0.143. The number of ether oxygens (including phenoxy) is 2. The largest absolute Gasteiger partial charge is 0.349 e. The first-order valence-corrected chi connectivity index (χ1v) is 4.24. The number of halogens is 1. The molecule has 1 aliphatic heterocycles. The molecular formula is C7H11BrO2. The Kier molecular flexibility index (Phi) is 3.39. The van der Waals surface area contributed by atoms with Gasteiger partial charge in [0.1, 0.15) is 0 Å². The zero-order chi connectivity index (χ0) is 7.40. The first kappa shape index (κ1) is 8.24. The summed E-state index contributed by atoms with van der Waals surface area (Å²) in [5.41, 5.74) is 0. The summed E-state index contributed by atoms with van der Waals surface area (Å²) in [7, 11) is 0. The maximum absolute atomic E-state index is 5.29. The minimum atomic E-state index is -0.143. The molecule has 3 heteroatoms. The number of rotatable bonds is 1. The number of hydrogen-bond acceptors (Lipinski definition) is 2. The first-order valence-electron chi connectivity index (χ1n) is 3.33. The summed E-state index contributed by atoms with van der Waals surface area (Å²) in [5.74, 6) is 0.528. The van der Waals surface area contributed by atoms with Gasteiger partial charge in [0.2, 0.25) is 0 Å². The molecule has 0 unspecified atom stereocenters. The molecule has 1 fully saturated rings. The van der Waals surface area contributed by atoms with E-state index in [1.165, 1.54) is 0 Å². The minimum Gasteiger partial charge on any atom is -0.349 e. The third-order valence-corrected chi connectivity index (χ3v) is 1.63. The standard InChI is InChI=1S/C7H11BrO2/c1-6-4-9-7(2-3-8)10-5-6/h2-3,6-7H,4-5H2,1H3/b3-2+. The lowest BCUT2D eigenvalue weighted by Gasteiger charge is -2.24. The van der Waals surface area contributed by atoms with Crippen LogP contribution in [-0.4, -0.2) is 19.5 Å². The fraction of sp³-hybridized carbons (Fsp3) is 0.714. The Morgan fingerprint density at radius 2 is 2.00 bits per heavy atom. The van der Waals surface area contributed by atoms with E-state index in [9.17, 15) is 0 Å². The van der Waals surface area contributed by atoms with E-state index in [2.05, 4.69) is 22.9 Å². The van der Waals surface area contributed by atoms with Crippen molar-refractivity contribution in [3.8, 4) is 0 Å². The summed E-state index contributed by atoms with van der Waals surface area (Å²) in [6.45, 7) is 3.69. The fourth-order valence-corrected chi connectivity index (χ4v) is 1.03. The molecule has 1 aliphatic rings. The van der Waals surface area contributed by atoms with Crippen molar-refractivity contribution >= 4 is 15.9 Å². The van der Waals surface area contributed by atoms with Gasteiger partial charge in [0.15, 0.2) is 6.29 Å². The molecule has 0 atom stereocenters. The topological polar surface area (TPSA) is 18.5 Å². The van der Waals surface area contributed by atoms with E-state index in [1.807, 2.05) is 6.08 Å². The molecular weight excluding hydrogens is 196 g/mol. The van der Waals surface area contributed by atoms with Crippen molar-refractivity contribution in [2.45, 2.75) is 13.2 Å². The molecule has 0 amide bonds. The molecule has 0 N–H and O–H groups in total. The van der Waals surface area contributed by atoms with Crippen molar-refractivity contribution in [3.63, 3.8) is 0 Å². The maximum atomic E-state index is 5.29. The molecule has 0 saturated carbocycles. The van der Waals surface area contributed by atoms with Crippen LogP contribution >= 0.6 is 15.9 Å². The first-order chi connectivity index (χ1) is 4.83. The third-order valence-electron chi connectivity index (χ3n) is 1.32. The summed E-state index contributed by atoms with van der Waals surface area (Å²) < 4.78 is 10.6. The molecule has 0 aliphatic carbocycles. The molecule has 10 heavy (non-hydrogen) atoms. The quantitative estimate of drug-likeness (QED) is 0.653. The van der Waals surface area contributed by atoms with Crippen molar-refractivity contribution in [2.24, 2.45) is 5.92 Å². The van der Waals surface area contributed by atoms with Gasteiger partial charge in [0.25, 0.3) is 0 Å². The van der Waals surface area contributed by atoms with E-state index in [1.54, 1.807) is 4.99 Å². The van der Waals surface area contributed by atoms with Crippen LogP contribution in [0.1, 0.15) is 6.92 Å². The molecule has 0 aromatic carbocycles. The van der Waals surface area contributed by atoms with Crippen molar-refractivity contribution in [3.05, 3.63) is 11.1 Å². The van der Waals surface area contributed by atoms with Gasteiger partial charge in [0.05, 0.1) is 13.2 Å². The van der Waals surface area contributed by atoms with Crippen LogP contribution in [0.15, 0.2) is 11.1 Å². The predicted octanol–water partition coefficient (Wildman–Crippen LogP) is 1.90. The van der Waals surface area contributed by atoms with Crippen molar-refractivity contribution in [1.82, 2.24) is 0 Å². The Balaban J connectivity index is 2.26. The highest BCUT2D eigenvalue weighted by Crippen LogP contribution is 2.11. The third kappa shape index (κ3) is 2.40. The zero-order valence-electron chi connectivity index (χ0n) is 5.92. The lowest BCUT2D eigenvalue weighted by Crippen LogP contribution is -2.28. The molecule has 1 heterocycles. The molecule has 0 aromatic rings. The van der Waals surface area contributed by atoms with Crippen LogP contribution in [0.2, 0.25) is 0 Å². The van der Waals surface area contributed by atoms with Crippen LogP contribution in [-0.2, 0) is 9.47 Å². The molecule has 0 radical (unpaired) electrons. The fourth-order valence-electron chi connectivity index (χ4n) is 0.785. The molecule has 0 bridgehead atoms. The van der Waals surface area contributed by atoms with Crippen molar-refractivity contribution in [2.75, 3.05) is 13.2 Å². The van der Waals surface area contributed by atoms with Gasteiger partial charge >= 0.3 is 0 Å². The average molecular weight is 207 g/mol. The highest BCUT2D eigenvalue weighted by atomic mass is 79.9. The molecule has 2 nitrogen and oxygen atoms in total. The Morgan fingerprint density at radius 3 is 2.50 bits per heavy atom. The van der Waals surface area contributed by atoms with Crippen LogP contribution in [0.3, 0.4) is 0 Å². The summed E-state index contributed by atoms with van der Waals surface area (Å²) >= 11 is 3.16. The van der Waals surface area contributed by atoms with Gasteiger partial charge in [-0.25, -0.2) is 0 Å². The second-order valence-corrected chi connectivity index (χ2v) is 2.99. The molecule has 1 saturated heterocycles. The lowest BCUT2D eigenvalue weighted by atomic mass is 10.2. The predicted molar refractivity (Wildman–Crippen MR) is 42.9 cm³/mol. The van der Waals surface area contributed by atoms with Gasteiger partial charge < -0.3 is 9.47 Å². The number of hydrogen-bond donors (Lipinski definition) is 0. The summed E-state index contributed by atoms with van der Waals surface area (Å²) in [5, 5.41) is 0. The van der Waals surface area contributed by atoms with Gasteiger partial charge in [0, 0.05) is 5.92 Å². The van der Waals surface area contributed by atoms with Crippen LogP contribution in [0.25, 0.3) is 0 Å². The second kappa shape index (κ2) is 4.11. The van der Waals surface area contributed by atoms with Crippen LogP contribution in [0, 0.1) is 5.92 Å². The highest BCUT2D eigenvalue weighted by molar-refractivity contribution is 9.11. The Hall–Kier alpha value is 0.140. The van der Waals surface area contributed by atoms with Gasteiger partial charge in [-0.2, -0.15) is 0 Å². The lowest BCUT2D eigenvalue weighted by molar-refractivity contribution is -0.170. The van der Waals surface area contributed by atoms with Gasteiger partial charge in [-0.3, -0.25) is 0 Å². The Bertz CT molecular complexity index is 117. The summed E-state index contributed by atoms with van der Waals surface area (Å²) in [4.78, 5) is 1.76. The van der Waals surface area contributed by atoms with Crippen molar-refractivity contribution in [1.29, 1.82) is 0 Å². The van der Waals surface area contributed by atoms with E-state index >= 15 is 0 Å². The van der Waals surface area contributed by atoms with Crippen LogP contribution in [0.4, 0.5) is 0 Å². The summed E-state index contributed by atoms with van der Waals surface area (Å²) in [6, 6.07) is 0. The van der Waals surface area contributed by atoms with E-state index in [-0.39, 0.29) is 6.29 Å². The van der Waals surface area contributed by atoms with E-state index in [0.717, 1.165) is 13.2 Å². The van der Waals surface area contributed by atoms with E-state index in [0.29, 0.717) is 5.92 Å². The van der Waals surface area contributed by atoms with E-state index in [4.69, 9.17) is 9.47 Å². The van der Waals surface area contributed by atoms with Crippen molar-refractivity contribution < 1.29 is 9.47 Å². The summed E-state index contributed by atoms with van der Waals surface area (Å²) in [6.07, 6.45) is 1.70. The monoisotopic (exact) mass is 206 g/mol. The maximum Gasteiger partial charge on any atom is 0.177 e. The normalized spacial score (nSPS) is 35.0. The SMILES string of the molecule is CC1COC(/C=C/Br)OC1. The van der Waals surface area contributed by atoms with Crippen LogP contribution in [0.5, 0.6) is 0 Å². The zero-order valence-corrected chi connectivity index (χ0v) is 7.50. The van der Waals surface area contributed by atoms with Crippen LogP contribution < -0.4 is 0 Å². The van der Waals surface area contributed by atoms with Gasteiger partial charge in [-0.05, 0) is 11.1 Å². The Labute approximate surface area is 69.3 Å². The molecule has 0 aromatic heterocycles.